The smallest absolute Gasteiger partial charge is 0.253 e. The zero-order valence-electron chi connectivity index (χ0n) is 13.0. The second kappa shape index (κ2) is 6.65. The van der Waals surface area contributed by atoms with Crippen LogP contribution in [0.1, 0.15) is 28.8 Å². The molecule has 3 rings (SSSR count). The minimum Gasteiger partial charge on any atom is -0.382 e. The molecule has 1 aliphatic rings. The molecule has 1 N–H and O–H groups in total. The van der Waals surface area contributed by atoms with E-state index in [1.807, 2.05) is 54.3 Å². The Kier molecular flexibility index (Phi) is 4.42. The summed E-state index contributed by atoms with van der Waals surface area (Å²) in [5.41, 5.74) is 3.09. The summed E-state index contributed by atoms with van der Waals surface area (Å²) < 4.78 is 0. The Labute approximate surface area is 132 Å². The highest BCUT2D eigenvalue weighted by Crippen LogP contribution is 2.18. The van der Waals surface area contributed by atoms with Gasteiger partial charge in [-0.1, -0.05) is 35.9 Å². The van der Waals surface area contributed by atoms with Crippen molar-refractivity contribution in [1.29, 1.82) is 0 Å². The van der Waals surface area contributed by atoms with Crippen LogP contribution in [-0.2, 0) is 0 Å². The molecule has 0 spiro atoms. The van der Waals surface area contributed by atoms with E-state index in [4.69, 9.17) is 0 Å². The highest BCUT2D eigenvalue weighted by molar-refractivity contribution is 5.94. The molecule has 1 fully saturated rings. The SMILES string of the molecule is Cc1cccc(C(=O)N2CCC(Nc3ccccc3)CC2)c1. The van der Waals surface area contributed by atoms with Crippen LogP contribution in [0.15, 0.2) is 54.6 Å². The van der Waals surface area contributed by atoms with Crippen LogP contribution in [0, 0.1) is 6.92 Å². The second-order valence-electron chi connectivity index (χ2n) is 5.95. The standard InChI is InChI=1S/C19H22N2O/c1-15-6-5-7-16(14-15)19(22)21-12-10-18(11-13-21)20-17-8-3-2-4-9-17/h2-9,14,18,20H,10-13H2,1H3. The third kappa shape index (κ3) is 3.48. The Morgan fingerprint density at radius 2 is 1.77 bits per heavy atom. The minimum absolute atomic E-state index is 0.155. The molecule has 3 nitrogen and oxygen atoms in total. The molecule has 3 heteroatoms. The maximum Gasteiger partial charge on any atom is 0.253 e. The van der Waals surface area contributed by atoms with Gasteiger partial charge in [-0.2, -0.15) is 0 Å². The van der Waals surface area contributed by atoms with Gasteiger partial charge in [0.05, 0.1) is 0 Å². The van der Waals surface area contributed by atoms with E-state index < -0.39 is 0 Å². The van der Waals surface area contributed by atoms with Crippen LogP contribution in [-0.4, -0.2) is 29.9 Å². The lowest BCUT2D eigenvalue weighted by Crippen LogP contribution is -2.42. The van der Waals surface area contributed by atoms with E-state index in [2.05, 4.69) is 17.4 Å². The van der Waals surface area contributed by atoms with Crippen LogP contribution in [0.2, 0.25) is 0 Å². The number of benzene rings is 2. The van der Waals surface area contributed by atoms with Crippen molar-refractivity contribution in [1.82, 2.24) is 4.90 Å². The van der Waals surface area contributed by atoms with Gasteiger partial charge in [0.15, 0.2) is 0 Å². The highest BCUT2D eigenvalue weighted by atomic mass is 16.2. The van der Waals surface area contributed by atoms with E-state index in [1.54, 1.807) is 0 Å². The van der Waals surface area contributed by atoms with E-state index in [9.17, 15) is 4.79 Å². The number of hydrogen-bond acceptors (Lipinski definition) is 2. The van der Waals surface area contributed by atoms with Gasteiger partial charge in [0.2, 0.25) is 0 Å². The normalized spacial score (nSPS) is 15.6. The Morgan fingerprint density at radius 1 is 1.05 bits per heavy atom. The van der Waals surface area contributed by atoms with Gasteiger partial charge < -0.3 is 10.2 Å². The summed E-state index contributed by atoms with van der Waals surface area (Å²) in [5.74, 6) is 0.155. The molecule has 0 bridgehead atoms. The maximum absolute atomic E-state index is 12.5. The molecule has 1 amide bonds. The van der Waals surface area contributed by atoms with Crippen LogP contribution in [0.4, 0.5) is 5.69 Å². The summed E-state index contributed by atoms with van der Waals surface area (Å²) in [7, 11) is 0. The predicted molar refractivity (Wildman–Crippen MR) is 90.2 cm³/mol. The number of amides is 1. The topological polar surface area (TPSA) is 32.3 Å². The van der Waals surface area contributed by atoms with E-state index in [-0.39, 0.29) is 5.91 Å². The van der Waals surface area contributed by atoms with Crippen molar-refractivity contribution >= 4 is 11.6 Å². The average Bonchev–Trinajstić information content (AvgIpc) is 2.56. The average molecular weight is 294 g/mol. The van der Waals surface area contributed by atoms with Gasteiger partial charge in [-0.3, -0.25) is 4.79 Å². The summed E-state index contributed by atoms with van der Waals surface area (Å²) in [6, 6.07) is 18.6. The summed E-state index contributed by atoms with van der Waals surface area (Å²) in [4.78, 5) is 14.5. The Morgan fingerprint density at radius 3 is 2.45 bits per heavy atom. The number of carbonyl (C=O) groups excluding carboxylic acids is 1. The molecule has 22 heavy (non-hydrogen) atoms. The number of carbonyl (C=O) groups is 1. The van der Waals surface area contributed by atoms with Crippen molar-refractivity contribution in [3.8, 4) is 0 Å². The van der Waals surface area contributed by atoms with Crippen molar-refractivity contribution in [2.45, 2.75) is 25.8 Å². The van der Waals surface area contributed by atoms with Crippen LogP contribution in [0.25, 0.3) is 0 Å². The monoisotopic (exact) mass is 294 g/mol. The molecule has 1 saturated heterocycles. The molecule has 0 saturated carbocycles. The van der Waals surface area contributed by atoms with Gasteiger partial charge in [-0.25, -0.2) is 0 Å². The van der Waals surface area contributed by atoms with Crippen LogP contribution in [0.5, 0.6) is 0 Å². The molecule has 114 valence electrons. The first-order valence-electron chi connectivity index (χ1n) is 7.90. The zero-order chi connectivity index (χ0) is 15.4. The van der Waals surface area contributed by atoms with E-state index in [1.165, 1.54) is 0 Å². The fraction of sp³-hybridized carbons (Fsp3) is 0.316. The first-order valence-corrected chi connectivity index (χ1v) is 7.90. The van der Waals surface area contributed by atoms with Gasteiger partial charge in [-0.05, 0) is 44.0 Å². The first kappa shape index (κ1) is 14.6. The van der Waals surface area contributed by atoms with Crippen molar-refractivity contribution in [2.75, 3.05) is 18.4 Å². The Balaban J connectivity index is 1.56. The Hall–Kier alpha value is -2.29. The quantitative estimate of drug-likeness (QED) is 0.936. The zero-order valence-corrected chi connectivity index (χ0v) is 13.0. The molecule has 0 atom stereocenters. The van der Waals surface area contributed by atoms with Crippen LogP contribution < -0.4 is 5.32 Å². The number of aryl methyl sites for hydroxylation is 1. The molecule has 1 aliphatic heterocycles. The summed E-state index contributed by atoms with van der Waals surface area (Å²) in [6.45, 7) is 3.65. The lowest BCUT2D eigenvalue weighted by Gasteiger charge is -2.33. The number of anilines is 1. The van der Waals surface area contributed by atoms with E-state index in [0.29, 0.717) is 6.04 Å². The molecule has 0 unspecified atom stereocenters. The first-order chi connectivity index (χ1) is 10.7. The summed E-state index contributed by atoms with van der Waals surface area (Å²) in [6.07, 6.45) is 1.99. The predicted octanol–water partition coefficient (Wildman–Crippen LogP) is 3.71. The largest absolute Gasteiger partial charge is 0.382 e. The van der Waals surface area contributed by atoms with Crippen molar-refractivity contribution < 1.29 is 4.79 Å². The van der Waals surface area contributed by atoms with Gasteiger partial charge in [0.1, 0.15) is 0 Å². The van der Waals surface area contributed by atoms with Gasteiger partial charge >= 0.3 is 0 Å². The molecule has 1 heterocycles. The van der Waals surface area contributed by atoms with E-state index >= 15 is 0 Å². The fourth-order valence-corrected chi connectivity index (χ4v) is 2.96. The van der Waals surface area contributed by atoms with Crippen LogP contribution >= 0.6 is 0 Å². The number of para-hydroxylation sites is 1. The number of nitrogens with zero attached hydrogens (tertiary/aromatic N) is 1. The molecule has 2 aromatic rings. The lowest BCUT2D eigenvalue weighted by molar-refractivity contribution is 0.0718. The number of hydrogen-bond donors (Lipinski definition) is 1. The number of likely N-dealkylation sites (tertiary alicyclic amines) is 1. The summed E-state index contributed by atoms with van der Waals surface area (Å²) >= 11 is 0. The van der Waals surface area contributed by atoms with Crippen molar-refractivity contribution in [2.24, 2.45) is 0 Å². The van der Waals surface area contributed by atoms with Gasteiger partial charge in [-0.15, -0.1) is 0 Å². The maximum atomic E-state index is 12.5. The highest BCUT2D eigenvalue weighted by Gasteiger charge is 2.23. The van der Waals surface area contributed by atoms with Gasteiger partial charge in [0, 0.05) is 30.4 Å². The third-order valence-corrected chi connectivity index (χ3v) is 4.19. The minimum atomic E-state index is 0.155. The summed E-state index contributed by atoms with van der Waals surface area (Å²) in [5, 5.41) is 3.55. The third-order valence-electron chi connectivity index (χ3n) is 4.19. The van der Waals surface area contributed by atoms with Crippen molar-refractivity contribution in [3.63, 3.8) is 0 Å². The molecule has 0 radical (unpaired) electrons. The van der Waals surface area contributed by atoms with Crippen LogP contribution in [0.3, 0.4) is 0 Å². The number of rotatable bonds is 3. The molecule has 2 aromatic carbocycles. The molecule has 0 aromatic heterocycles. The molecular formula is C19H22N2O. The number of nitrogens with one attached hydrogen (secondary N) is 1. The van der Waals surface area contributed by atoms with E-state index in [0.717, 1.165) is 42.7 Å². The Bertz CT molecular complexity index is 631. The van der Waals surface area contributed by atoms with Crippen molar-refractivity contribution in [3.05, 3.63) is 65.7 Å². The fourth-order valence-electron chi connectivity index (χ4n) is 2.96. The number of piperidine rings is 1. The molecular weight excluding hydrogens is 272 g/mol. The molecule has 0 aliphatic carbocycles. The lowest BCUT2D eigenvalue weighted by atomic mass is 10.0. The second-order valence-corrected chi connectivity index (χ2v) is 5.95. The van der Waals surface area contributed by atoms with Gasteiger partial charge in [0.25, 0.3) is 5.91 Å².